The minimum absolute atomic E-state index is 0.0127. The number of morpholine rings is 1. The van der Waals surface area contributed by atoms with Crippen LogP contribution in [0.25, 0.3) is 0 Å². The van der Waals surface area contributed by atoms with Crippen LogP contribution in [0.15, 0.2) is 0 Å². The second kappa shape index (κ2) is 4.97. The van der Waals surface area contributed by atoms with E-state index >= 15 is 0 Å². The normalized spacial score (nSPS) is 36.4. The van der Waals surface area contributed by atoms with Gasteiger partial charge in [0, 0.05) is 12.1 Å². The topological polar surface area (TPSA) is 29.5 Å². The third-order valence-electron chi connectivity index (χ3n) is 4.73. The molecule has 2 atom stereocenters. The summed E-state index contributed by atoms with van der Waals surface area (Å²) in [6, 6.07) is 1.19. The van der Waals surface area contributed by atoms with E-state index in [1.54, 1.807) is 0 Å². The highest BCUT2D eigenvalue weighted by molar-refractivity contribution is 5.73. The molecule has 1 heterocycles. The molecule has 3 heteroatoms. The van der Waals surface area contributed by atoms with Crippen molar-refractivity contribution in [1.82, 2.24) is 4.90 Å². The summed E-state index contributed by atoms with van der Waals surface area (Å²) >= 11 is 0. The largest absolute Gasteiger partial charge is 0.460 e. The fourth-order valence-corrected chi connectivity index (χ4v) is 3.88. The molecule has 1 saturated heterocycles. The molecular formula is C14H23NO2. The first-order valence-corrected chi connectivity index (χ1v) is 7.30. The molecule has 3 aliphatic rings. The lowest BCUT2D eigenvalue weighted by atomic mass is 9.86. The summed E-state index contributed by atoms with van der Waals surface area (Å²) in [6.45, 7) is 0.547. The predicted octanol–water partition coefficient (Wildman–Crippen LogP) is 2.49. The fraction of sp³-hybridized carbons (Fsp3) is 0.929. The minimum atomic E-state index is 0.0127. The van der Waals surface area contributed by atoms with Gasteiger partial charge in [0.05, 0.1) is 6.54 Å². The Labute approximate surface area is 104 Å². The molecule has 3 fully saturated rings. The molecule has 0 N–H and O–H groups in total. The minimum Gasteiger partial charge on any atom is -0.460 e. The van der Waals surface area contributed by atoms with E-state index in [2.05, 4.69) is 4.90 Å². The Balaban J connectivity index is 1.73. The predicted molar refractivity (Wildman–Crippen MR) is 65.7 cm³/mol. The van der Waals surface area contributed by atoms with Crippen molar-refractivity contribution in [2.75, 3.05) is 6.54 Å². The summed E-state index contributed by atoms with van der Waals surface area (Å²) in [5, 5.41) is 0. The Kier molecular flexibility index (Phi) is 3.37. The summed E-state index contributed by atoms with van der Waals surface area (Å²) in [5.41, 5.74) is 0. The summed E-state index contributed by atoms with van der Waals surface area (Å²) in [5.74, 6) is 0.0127. The van der Waals surface area contributed by atoms with Crippen LogP contribution in [0.5, 0.6) is 0 Å². The van der Waals surface area contributed by atoms with Crippen LogP contribution in [0.3, 0.4) is 0 Å². The number of carbonyl (C=O) groups is 1. The standard InChI is InChI=1S/C14H23NO2/c16-14-10-15(11-6-2-1-3-7-11)12-8-4-5-9-13(12)17-14/h11-13H,1-10H2. The number of esters is 1. The average molecular weight is 237 g/mol. The van der Waals surface area contributed by atoms with E-state index in [9.17, 15) is 4.79 Å². The van der Waals surface area contributed by atoms with Crippen molar-refractivity contribution in [3.63, 3.8) is 0 Å². The maximum atomic E-state index is 11.7. The van der Waals surface area contributed by atoms with Gasteiger partial charge in [0.2, 0.25) is 0 Å². The molecule has 3 nitrogen and oxygen atoms in total. The molecule has 96 valence electrons. The summed E-state index contributed by atoms with van der Waals surface area (Å²) in [4.78, 5) is 14.2. The molecule has 17 heavy (non-hydrogen) atoms. The molecule has 0 aromatic carbocycles. The second-order valence-electron chi connectivity index (χ2n) is 5.84. The first kappa shape index (κ1) is 11.5. The zero-order valence-corrected chi connectivity index (χ0v) is 10.6. The van der Waals surface area contributed by atoms with Crippen molar-refractivity contribution in [2.45, 2.75) is 76.0 Å². The van der Waals surface area contributed by atoms with E-state index < -0.39 is 0 Å². The van der Waals surface area contributed by atoms with Gasteiger partial charge in [-0.15, -0.1) is 0 Å². The Hall–Kier alpha value is -0.570. The highest BCUT2D eigenvalue weighted by atomic mass is 16.5. The molecular weight excluding hydrogens is 214 g/mol. The highest BCUT2D eigenvalue weighted by Gasteiger charge is 2.41. The van der Waals surface area contributed by atoms with Gasteiger partial charge in [-0.05, 0) is 32.1 Å². The molecule has 0 spiro atoms. The van der Waals surface area contributed by atoms with Crippen molar-refractivity contribution in [2.24, 2.45) is 0 Å². The van der Waals surface area contributed by atoms with Crippen LogP contribution in [-0.2, 0) is 9.53 Å². The van der Waals surface area contributed by atoms with E-state index in [-0.39, 0.29) is 12.1 Å². The molecule has 0 amide bonds. The Morgan fingerprint density at radius 1 is 0.941 bits per heavy atom. The van der Waals surface area contributed by atoms with Crippen molar-refractivity contribution in [1.29, 1.82) is 0 Å². The maximum Gasteiger partial charge on any atom is 0.320 e. The monoisotopic (exact) mass is 237 g/mol. The number of rotatable bonds is 1. The van der Waals surface area contributed by atoms with E-state index in [0.717, 1.165) is 6.42 Å². The molecule has 2 unspecified atom stereocenters. The van der Waals surface area contributed by atoms with Gasteiger partial charge < -0.3 is 4.74 Å². The van der Waals surface area contributed by atoms with E-state index in [4.69, 9.17) is 4.74 Å². The zero-order valence-electron chi connectivity index (χ0n) is 10.6. The Morgan fingerprint density at radius 2 is 1.65 bits per heavy atom. The molecule has 1 aliphatic heterocycles. The van der Waals surface area contributed by atoms with Crippen LogP contribution in [-0.4, -0.2) is 35.6 Å². The van der Waals surface area contributed by atoms with Crippen LogP contribution in [0.1, 0.15) is 57.8 Å². The number of ether oxygens (including phenoxy) is 1. The molecule has 0 aromatic rings. The summed E-state index contributed by atoms with van der Waals surface area (Å²) in [6.07, 6.45) is 11.7. The molecule has 2 aliphatic carbocycles. The lowest BCUT2D eigenvalue weighted by molar-refractivity contribution is -0.171. The third-order valence-corrected chi connectivity index (χ3v) is 4.73. The number of carbonyl (C=O) groups excluding carboxylic acids is 1. The molecule has 3 rings (SSSR count). The average Bonchev–Trinajstić information content (AvgIpc) is 2.39. The summed E-state index contributed by atoms with van der Waals surface area (Å²) < 4.78 is 5.53. The van der Waals surface area contributed by atoms with Gasteiger partial charge in [-0.2, -0.15) is 0 Å². The third kappa shape index (κ3) is 2.35. The van der Waals surface area contributed by atoms with Crippen LogP contribution in [0.2, 0.25) is 0 Å². The quantitative estimate of drug-likeness (QED) is 0.656. The smallest absolute Gasteiger partial charge is 0.320 e. The van der Waals surface area contributed by atoms with E-state index in [0.29, 0.717) is 18.6 Å². The molecule has 0 aromatic heterocycles. The first-order chi connectivity index (χ1) is 8.34. The van der Waals surface area contributed by atoms with Crippen molar-refractivity contribution < 1.29 is 9.53 Å². The molecule has 0 radical (unpaired) electrons. The Bertz CT molecular complexity index is 286. The van der Waals surface area contributed by atoms with E-state index in [1.165, 1.54) is 51.4 Å². The van der Waals surface area contributed by atoms with Gasteiger partial charge in [0.15, 0.2) is 0 Å². The number of nitrogens with zero attached hydrogens (tertiary/aromatic N) is 1. The Morgan fingerprint density at radius 3 is 2.47 bits per heavy atom. The second-order valence-corrected chi connectivity index (χ2v) is 5.84. The van der Waals surface area contributed by atoms with Gasteiger partial charge in [-0.1, -0.05) is 25.7 Å². The zero-order chi connectivity index (χ0) is 11.7. The lowest BCUT2D eigenvalue weighted by Crippen LogP contribution is -2.58. The SMILES string of the molecule is O=C1CN(C2CCCCC2)C2CCCCC2O1. The first-order valence-electron chi connectivity index (χ1n) is 7.30. The number of fused-ring (bicyclic) bond motifs is 1. The van der Waals surface area contributed by atoms with Crippen LogP contribution in [0, 0.1) is 0 Å². The van der Waals surface area contributed by atoms with Crippen LogP contribution in [0.4, 0.5) is 0 Å². The lowest BCUT2D eigenvalue weighted by Gasteiger charge is -2.47. The van der Waals surface area contributed by atoms with Crippen molar-refractivity contribution in [3.05, 3.63) is 0 Å². The van der Waals surface area contributed by atoms with Gasteiger partial charge in [0.1, 0.15) is 6.10 Å². The molecule has 2 saturated carbocycles. The van der Waals surface area contributed by atoms with Crippen molar-refractivity contribution >= 4 is 5.97 Å². The van der Waals surface area contributed by atoms with E-state index in [1.807, 2.05) is 0 Å². The van der Waals surface area contributed by atoms with Gasteiger partial charge in [-0.3, -0.25) is 9.69 Å². The van der Waals surface area contributed by atoms with Gasteiger partial charge in [-0.25, -0.2) is 0 Å². The number of hydrogen-bond acceptors (Lipinski definition) is 3. The van der Waals surface area contributed by atoms with Gasteiger partial charge in [0.25, 0.3) is 0 Å². The molecule has 0 bridgehead atoms. The van der Waals surface area contributed by atoms with Crippen molar-refractivity contribution in [3.8, 4) is 0 Å². The maximum absolute atomic E-state index is 11.7. The van der Waals surface area contributed by atoms with Crippen LogP contribution >= 0.6 is 0 Å². The summed E-state index contributed by atoms with van der Waals surface area (Å²) in [7, 11) is 0. The van der Waals surface area contributed by atoms with Crippen LogP contribution < -0.4 is 0 Å². The number of hydrogen-bond donors (Lipinski definition) is 0. The fourth-order valence-electron chi connectivity index (χ4n) is 3.88. The highest BCUT2D eigenvalue weighted by Crippen LogP contribution is 2.33. The van der Waals surface area contributed by atoms with Gasteiger partial charge >= 0.3 is 5.97 Å².